The molecule has 5 heteroatoms. The smallest absolute Gasteiger partial charge is 0.306 e. The zero-order chi connectivity index (χ0) is 25.8. The first kappa shape index (κ1) is 33.9. The van der Waals surface area contributed by atoms with Gasteiger partial charge >= 0.3 is 11.9 Å². The second-order valence-electron chi connectivity index (χ2n) is 10.2. The van der Waals surface area contributed by atoms with Crippen molar-refractivity contribution < 1.29 is 24.2 Å². The summed E-state index contributed by atoms with van der Waals surface area (Å²) in [5.41, 5.74) is 0. The first-order valence-electron chi connectivity index (χ1n) is 15.1. The van der Waals surface area contributed by atoms with Gasteiger partial charge in [-0.05, 0) is 12.8 Å². The summed E-state index contributed by atoms with van der Waals surface area (Å²) in [6, 6.07) is 0. The Bertz CT molecular complexity index is 466. The van der Waals surface area contributed by atoms with E-state index in [0.29, 0.717) is 12.8 Å². The molecule has 208 valence electrons. The molecule has 0 aromatic rings. The Morgan fingerprint density at radius 1 is 0.543 bits per heavy atom. The Labute approximate surface area is 217 Å². The van der Waals surface area contributed by atoms with Gasteiger partial charge in [0.1, 0.15) is 6.61 Å². The van der Waals surface area contributed by atoms with Crippen LogP contribution in [0.1, 0.15) is 162 Å². The lowest BCUT2D eigenvalue weighted by molar-refractivity contribution is -0.161. The molecular weight excluding hydrogens is 440 g/mol. The van der Waals surface area contributed by atoms with E-state index in [9.17, 15) is 14.7 Å². The Morgan fingerprint density at radius 2 is 0.914 bits per heavy atom. The van der Waals surface area contributed by atoms with Crippen molar-refractivity contribution >= 4 is 11.9 Å². The van der Waals surface area contributed by atoms with Gasteiger partial charge in [-0.15, -0.1) is 0 Å². The van der Waals surface area contributed by atoms with Crippen molar-refractivity contribution in [1.82, 2.24) is 0 Å². The van der Waals surface area contributed by atoms with Gasteiger partial charge in [-0.1, -0.05) is 136 Å². The number of ether oxygens (including phenoxy) is 2. The molecule has 0 bridgehead atoms. The minimum absolute atomic E-state index is 0.0632. The van der Waals surface area contributed by atoms with Gasteiger partial charge in [-0.2, -0.15) is 0 Å². The van der Waals surface area contributed by atoms with Gasteiger partial charge in [0.2, 0.25) is 0 Å². The van der Waals surface area contributed by atoms with E-state index in [1.807, 2.05) is 6.92 Å². The molecule has 0 amide bonds. The van der Waals surface area contributed by atoms with E-state index in [1.54, 1.807) is 0 Å². The van der Waals surface area contributed by atoms with Crippen molar-refractivity contribution in [2.45, 2.75) is 168 Å². The fourth-order valence-corrected chi connectivity index (χ4v) is 4.30. The van der Waals surface area contributed by atoms with E-state index >= 15 is 0 Å². The Morgan fingerprint density at radius 3 is 1.31 bits per heavy atom. The predicted octanol–water partition coefficient (Wildman–Crippen LogP) is 8.45. The van der Waals surface area contributed by atoms with Crippen LogP contribution in [0, 0.1) is 0 Å². The summed E-state index contributed by atoms with van der Waals surface area (Å²) in [4.78, 5) is 23.5. The molecule has 0 aliphatic carbocycles. The van der Waals surface area contributed by atoms with E-state index in [2.05, 4.69) is 6.92 Å². The highest BCUT2D eigenvalue weighted by atomic mass is 16.6. The summed E-state index contributed by atoms with van der Waals surface area (Å²) < 4.78 is 10.3. The molecule has 0 spiro atoms. The monoisotopic (exact) mass is 498 g/mol. The topological polar surface area (TPSA) is 72.8 Å². The number of rotatable bonds is 27. The summed E-state index contributed by atoms with van der Waals surface area (Å²) in [5, 5.41) is 9.29. The van der Waals surface area contributed by atoms with Crippen LogP contribution in [0.25, 0.3) is 0 Å². The van der Waals surface area contributed by atoms with Crippen LogP contribution in [0.2, 0.25) is 0 Å². The molecule has 35 heavy (non-hydrogen) atoms. The Balaban J connectivity index is 3.35. The Kier molecular flexibility index (Phi) is 26.6. The van der Waals surface area contributed by atoms with Gasteiger partial charge in [-0.25, -0.2) is 0 Å². The average molecular weight is 499 g/mol. The summed E-state index contributed by atoms with van der Waals surface area (Å²) in [6.07, 6.45) is 26.9. The highest BCUT2D eigenvalue weighted by molar-refractivity contribution is 5.70. The third-order valence-electron chi connectivity index (χ3n) is 6.65. The molecule has 0 saturated carbocycles. The van der Waals surface area contributed by atoms with Crippen LogP contribution in [-0.2, 0) is 19.1 Å². The van der Waals surface area contributed by atoms with Crippen molar-refractivity contribution in [2.75, 3.05) is 13.2 Å². The number of carbonyl (C=O) groups excluding carboxylic acids is 2. The highest BCUT2D eigenvalue weighted by Crippen LogP contribution is 2.15. The minimum atomic E-state index is -0.756. The molecule has 0 saturated heterocycles. The lowest BCUT2D eigenvalue weighted by atomic mass is 10.0. The van der Waals surface area contributed by atoms with Gasteiger partial charge in [0, 0.05) is 12.8 Å². The molecule has 0 aromatic carbocycles. The quantitative estimate of drug-likeness (QED) is 0.0908. The summed E-state index contributed by atoms with van der Waals surface area (Å²) in [5.74, 6) is -0.624. The van der Waals surface area contributed by atoms with Crippen LogP contribution >= 0.6 is 0 Å². The molecule has 1 atom stereocenters. The molecule has 0 aromatic heterocycles. The normalized spacial score (nSPS) is 12.0. The number of carbonyl (C=O) groups is 2. The second-order valence-corrected chi connectivity index (χ2v) is 10.2. The van der Waals surface area contributed by atoms with Gasteiger partial charge in [0.25, 0.3) is 0 Å². The number of hydrogen-bond acceptors (Lipinski definition) is 5. The summed E-state index contributed by atoms with van der Waals surface area (Å²) in [6.45, 7) is 3.89. The fraction of sp³-hybridized carbons (Fsp3) is 0.933. The lowest BCUT2D eigenvalue weighted by Gasteiger charge is -2.15. The van der Waals surface area contributed by atoms with Crippen molar-refractivity contribution in [3.8, 4) is 0 Å². The number of esters is 2. The fourth-order valence-electron chi connectivity index (χ4n) is 4.30. The number of hydrogen-bond donors (Lipinski definition) is 1. The molecule has 0 aliphatic rings. The van der Waals surface area contributed by atoms with E-state index in [1.165, 1.54) is 109 Å². The number of aliphatic hydroxyl groups excluding tert-OH is 1. The van der Waals surface area contributed by atoms with Crippen LogP contribution in [0.5, 0.6) is 0 Å². The third kappa shape index (κ3) is 25.8. The van der Waals surface area contributed by atoms with E-state index in [-0.39, 0.29) is 25.2 Å². The molecule has 0 radical (unpaired) electrons. The number of aliphatic hydroxyl groups is 1. The molecular formula is C30H58O5. The Hall–Kier alpha value is -1.10. The SMILES string of the molecule is CCCCCCCCCCCCCCCCCCCCCC(=O)OCC(CO)OC(=O)CCCC. The highest BCUT2D eigenvalue weighted by Gasteiger charge is 2.15. The molecule has 0 rings (SSSR count). The summed E-state index contributed by atoms with van der Waals surface area (Å²) in [7, 11) is 0. The maximum absolute atomic E-state index is 11.9. The average Bonchev–Trinajstić information content (AvgIpc) is 2.86. The predicted molar refractivity (Wildman–Crippen MR) is 145 cm³/mol. The van der Waals surface area contributed by atoms with Crippen LogP contribution in [0.4, 0.5) is 0 Å². The van der Waals surface area contributed by atoms with Crippen molar-refractivity contribution in [3.05, 3.63) is 0 Å². The maximum atomic E-state index is 11.9. The van der Waals surface area contributed by atoms with Gasteiger partial charge in [0.05, 0.1) is 6.61 Å². The maximum Gasteiger partial charge on any atom is 0.306 e. The second kappa shape index (κ2) is 27.5. The first-order chi connectivity index (χ1) is 17.1. The van der Waals surface area contributed by atoms with Crippen molar-refractivity contribution in [1.29, 1.82) is 0 Å². The van der Waals surface area contributed by atoms with Crippen LogP contribution in [-0.4, -0.2) is 36.4 Å². The van der Waals surface area contributed by atoms with Gasteiger partial charge in [0.15, 0.2) is 6.10 Å². The van der Waals surface area contributed by atoms with E-state index < -0.39 is 6.10 Å². The molecule has 0 heterocycles. The molecule has 5 nitrogen and oxygen atoms in total. The standard InChI is InChI=1S/C30H58O5/c1-3-5-7-8-9-10-11-12-13-14-15-16-17-18-19-20-21-22-23-25-29(32)34-27-28(26-31)35-30(33)24-6-4-2/h28,31H,3-27H2,1-2H3. The zero-order valence-electron chi connectivity index (χ0n) is 23.3. The largest absolute Gasteiger partial charge is 0.462 e. The molecule has 0 fully saturated rings. The molecule has 1 N–H and O–H groups in total. The van der Waals surface area contributed by atoms with Crippen molar-refractivity contribution in [3.63, 3.8) is 0 Å². The van der Waals surface area contributed by atoms with Crippen LogP contribution < -0.4 is 0 Å². The van der Waals surface area contributed by atoms with Crippen LogP contribution in [0.15, 0.2) is 0 Å². The minimum Gasteiger partial charge on any atom is -0.462 e. The number of unbranched alkanes of at least 4 members (excludes halogenated alkanes) is 19. The first-order valence-corrected chi connectivity index (χ1v) is 15.1. The summed E-state index contributed by atoms with van der Waals surface area (Å²) >= 11 is 0. The van der Waals surface area contributed by atoms with E-state index in [0.717, 1.165) is 25.7 Å². The van der Waals surface area contributed by atoms with Gasteiger partial charge < -0.3 is 14.6 Å². The zero-order valence-corrected chi connectivity index (χ0v) is 23.3. The lowest BCUT2D eigenvalue weighted by Crippen LogP contribution is -2.28. The van der Waals surface area contributed by atoms with Crippen molar-refractivity contribution in [2.24, 2.45) is 0 Å². The third-order valence-corrected chi connectivity index (χ3v) is 6.65. The van der Waals surface area contributed by atoms with E-state index in [4.69, 9.17) is 9.47 Å². The van der Waals surface area contributed by atoms with Crippen LogP contribution in [0.3, 0.4) is 0 Å². The molecule has 1 unspecified atom stereocenters. The van der Waals surface area contributed by atoms with Gasteiger partial charge in [-0.3, -0.25) is 9.59 Å². The molecule has 0 aliphatic heterocycles.